The van der Waals surface area contributed by atoms with Crippen molar-refractivity contribution in [1.29, 1.82) is 10.5 Å². The van der Waals surface area contributed by atoms with Crippen LogP contribution in [-0.4, -0.2) is 11.6 Å². The highest BCUT2D eigenvalue weighted by Gasteiger charge is 2.34. The molecule has 0 bridgehead atoms. The van der Waals surface area contributed by atoms with Gasteiger partial charge in [0.2, 0.25) is 0 Å². The predicted octanol–water partition coefficient (Wildman–Crippen LogP) is 3.11. The first kappa shape index (κ1) is 16.2. The second kappa shape index (κ2) is 6.21. The van der Waals surface area contributed by atoms with Crippen LogP contribution < -0.4 is 0 Å². The van der Waals surface area contributed by atoms with E-state index >= 15 is 0 Å². The molecule has 0 rings (SSSR count). The van der Waals surface area contributed by atoms with Crippen molar-refractivity contribution in [2.45, 2.75) is 53.1 Å². The largest absolute Gasteiger partial charge is 0.460 e. The Bertz CT molecular complexity index is 399. The van der Waals surface area contributed by atoms with Crippen molar-refractivity contribution in [2.75, 3.05) is 0 Å². The minimum absolute atomic E-state index is 0.207. The highest BCUT2D eigenvalue weighted by atomic mass is 16.6. The number of nitrogens with zero attached hydrogens (tertiary/aromatic N) is 2. The van der Waals surface area contributed by atoms with E-state index in [1.807, 2.05) is 26.0 Å². The SMILES string of the molecule is CC(C)=CCC(C#N)(C#N)CC(=O)OC(C)(C)C. The first-order valence-electron chi connectivity index (χ1n) is 5.82. The van der Waals surface area contributed by atoms with Crippen LogP contribution in [0.4, 0.5) is 0 Å². The number of rotatable bonds is 4. The van der Waals surface area contributed by atoms with Gasteiger partial charge >= 0.3 is 5.97 Å². The van der Waals surface area contributed by atoms with Gasteiger partial charge in [0.1, 0.15) is 5.60 Å². The van der Waals surface area contributed by atoms with E-state index in [9.17, 15) is 4.79 Å². The molecule has 0 aliphatic carbocycles. The molecule has 0 unspecified atom stereocenters. The van der Waals surface area contributed by atoms with E-state index < -0.39 is 17.0 Å². The zero-order valence-corrected chi connectivity index (χ0v) is 11.7. The van der Waals surface area contributed by atoms with E-state index in [4.69, 9.17) is 15.3 Å². The molecule has 0 aliphatic heterocycles. The standard InChI is InChI=1S/C14H20N2O2/c1-11(2)6-7-14(9-15,10-16)8-12(17)18-13(3,4)5/h6H,7-8H2,1-5H3. The Labute approximate surface area is 109 Å². The summed E-state index contributed by atoms with van der Waals surface area (Å²) in [5.41, 5.74) is -0.932. The van der Waals surface area contributed by atoms with Crippen molar-refractivity contribution in [3.63, 3.8) is 0 Å². The third kappa shape index (κ3) is 6.06. The number of hydrogen-bond donors (Lipinski definition) is 0. The van der Waals surface area contributed by atoms with Crippen LogP contribution in [0.5, 0.6) is 0 Å². The van der Waals surface area contributed by atoms with Gasteiger partial charge in [-0.05, 0) is 41.0 Å². The molecule has 0 radical (unpaired) electrons. The monoisotopic (exact) mass is 248 g/mol. The van der Waals surface area contributed by atoms with E-state index in [-0.39, 0.29) is 12.8 Å². The van der Waals surface area contributed by atoms with E-state index in [0.29, 0.717) is 0 Å². The summed E-state index contributed by atoms with van der Waals surface area (Å²) in [7, 11) is 0. The lowest BCUT2D eigenvalue weighted by molar-refractivity contribution is -0.156. The molecular formula is C14H20N2O2. The van der Waals surface area contributed by atoms with Gasteiger partial charge in [-0.15, -0.1) is 0 Å². The summed E-state index contributed by atoms with van der Waals surface area (Å²) in [4.78, 5) is 11.7. The molecule has 0 aromatic heterocycles. The Morgan fingerprint density at radius 2 is 1.72 bits per heavy atom. The Balaban J connectivity index is 4.85. The van der Waals surface area contributed by atoms with Gasteiger partial charge in [0.25, 0.3) is 0 Å². The van der Waals surface area contributed by atoms with Crippen LogP contribution in [-0.2, 0) is 9.53 Å². The Kier molecular flexibility index (Phi) is 5.59. The Morgan fingerprint density at radius 1 is 1.22 bits per heavy atom. The van der Waals surface area contributed by atoms with Gasteiger partial charge < -0.3 is 4.74 Å². The minimum Gasteiger partial charge on any atom is -0.460 e. The van der Waals surface area contributed by atoms with Crippen LogP contribution in [0, 0.1) is 28.1 Å². The normalized spacial score (nSPS) is 11.1. The topological polar surface area (TPSA) is 73.9 Å². The number of esters is 1. The fraction of sp³-hybridized carbons (Fsp3) is 0.643. The van der Waals surface area contributed by atoms with Crippen LogP contribution in [0.1, 0.15) is 47.5 Å². The molecule has 18 heavy (non-hydrogen) atoms. The lowest BCUT2D eigenvalue weighted by Crippen LogP contribution is -2.28. The molecule has 0 aliphatic rings. The maximum Gasteiger partial charge on any atom is 0.309 e. The Morgan fingerprint density at radius 3 is 2.06 bits per heavy atom. The van der Waals surface area contributed by atoms with Gasteiger partial charge in [-0.2, -0.15) is 10.5 Å². The molecule has 0 spiro atoms. The molecule has 4 nitrogen and oxygen atoms in total. The maximum atomic E-state index is 11.7. The van der Waals surface area contributed by atoms with Gasteiger partial charge in [-0.1, -0.05) is 11.6 Å². The molecule has 0 atom stereocenters. The first-order valence-corrected chi connectivity index (χ1v) is 5.82. The number of carbonyl (C=O) groups is 1. The van der Waals surface area contributed by atoms with Crippen molar-refractivity contribution in [1.82, 2.24) is 0 Å². The van der Waals surface area contributed by atoms with Gasteiger partial charge in [0.05, 0.1) is 18.6 Å². The van der Waals surface area contributed by atoms with Gasteiger partial charge in [0.15, 0.2) is 5.41 Å². The molecule has 0 amide bonds. The second-order valence-corrected chi connectivity index (χ2v) is 5.55. The molecule has 98 valence electrons. The van der Waals surface area contributed by atoms with Crippen LogP contribution >= 0.6 is 0 Å². The fourth-order valence-corrected chi connectivity index (χ4v) is 1.27. The highest BCUT2D eigenvalue weighted by molar-refractivity contribution is 5.72. The molecule has 4 heteroatoms. The average Bonchev–Trinajstić information content (AvgIpc) is 2.21. The summed E-state index contributed by atoms with van der Waals surface area (Å²) < 4.78 is 5.14. The van der Waals surface area contributed by atoms with Crippen LogP contribution in [0.3, 0.4) is 0 Å². The lowest BCUT2D eigenvalue weighted by atomic mass is 9.83. The molecule has 0 fully saturated rings. The number of allylic oxidation sites excluding steroid dienone is 2. The van der Waals surface area contributed by atoms with Crippen LogP contribution in [0.15, 0.2) is 11.6 Å². The molecule has 0 saturated heterocycles. The molecule has 0 heterocycles. The number of ether oxygens (including phenoxy) is 1. The van der Waals surface area contributed by atoms with E-state index in [2.05, 4.69) is 0 Å². The smallest absolute Gasteiger partial charge is 0.309 e. The summed E-state index contributed by atoms with van der Waals surface area (Å²) in [6.45, 7) is 9.02. The van der Waals surface area contributed by atoms with Gasteiger partial charge in [-0.3, -0.25) is 4.79 Å². The van der Waals surface area contributed by atoms with Crippen molar-refractivity contribution in [3.05, 3.63) is 11.6 Å². The van der Waals surface area contributed by atoms with Crippen molar-refractivity contribution in [3.8, 4) is 12.1 Å². The summed E-state index contributed by atoms with van der Waals surface area (Å²) in [5, 5.41) is 18.3. The van der Waals surface area contributed by atoms with E-state index in [0.717, 1.165) is 5.57 Å². The van der Waals surface area contributed by atoms with E-state index in [1.165, 1.54) is 0 Å². The third-order valence-electron chi connectivity index (χ3n) is 2.15. The van der Waals surface area contributed by atoms with Crippen molar-refractivity contribution >= 4 is 5.97 Å². The molecule has 0 N–H and O–H groups in total. The van der Waals surface area contributed by atoms with E-state index in [1.54, 1.807) is 26.8 Å². The van der Waals surface area contributed by atoms with Crippen LogP contribution in [0.25, 0.3) is 0 Å². The third-order valence-corrected chi connectivity index (χ3v) is 2.15. The molecule has 0 aromatic carbocycles. The predicted molar refractivity (Wildman–Crippen MR) is 68.2 cm³/mol. The number of carbonyl (C=O) groups excluding carboxylic acids is 1. The van der Waals surface area contributed by atoms with Gasteiger partial charge in [0, 0.05) is 0 Å². The molecular weight excluding hydrogens is 228 g/mol. The first-order chi connectivity index (χ1) is 8.14. The van der Waals surface area contributed by atoms with Gasteiger partial charge in [-0.25, -0.2) is 0 Å². The summed E-state index contributed by atoms with van der Waals surface area (Å²) in [6, 6.07) is 3.86. The Hall–Kier alpha value is -1.81. The zero-order valence-electron chi connectivity index (χ0n) is 11.7. The fourth-order valence-electron chi connectivity index (χ4n) is 1.27. The van der Waals surface area contributed by atoms with Crippen LogP contribution in [0.2, 0.25) is 0 Å². The molecule has 0 saturated carbocycles. The number of hydrogen-bond acceptors (Lipinski definition) is 4. The van der Waals surface area contributed by atoms with Crippen molar-refractivity contribution < 1.29 is 9.53 Å². The minimum atomic E-state index is -1.33. The summed E-state index contributed by atoms with van der Waals surface area (Å²) >= 11 is 0. The molecule has 0 aromatic rings. The second-order valence-electron chi connectivity index (χ2n) is 5.55. The van der Waals surface area contributed by atoms with Crippen molar-refractivity contribution in [2.24, 2.45) is 5.41 Å². The summed E-state index contributed by atoms with van der Waals surface area (Å²) in [5.74, 6) is -0.521. The summed E-state index contributed by atoms with van der Waals surface area (Å²) in [6.07, 6.45) is 1.82. The lowest BCUT2D eigenvalue weighted by Gasteiger charge is -2.22. The average molecular weight is 248 g/mol. The quantitative estimate of drug-likeness (QED) is 0.566. The maximum absolute atomic E-state index is 11.7. The highest BCUT2D eigenvalue weighted by Crippen LogP contribution is 2.27. The zero-order chi connectivity index (χ0) is 14.4. The number of nitriles is 2.